The average molecular weight is 324 g/mol. The van der Waals surface area contributed by atoms with Gasteiger partial charge in [0.05, 0.1) is 0 Å². The van der Waals surface area contributed by atoms with Crippen LogP contribution < -0.4 is 10.6 Å². The Bertz CT molecular complexity index is 750. The van der Waals surface area contributed by atoms with Crippen molar-refractivity contribution < 1.29 is 14.4 Å². The van der Waals surface area contributed by atoms with Crippen LogP contribution in [0.15, 0.2) is 54.6 Å². The SMILES string of the molecule is CC(=O)c1ccc(NC(=O)C(C)(C)C(=O)Nc2ccccc2)cc1. The van der Waals surface area contributed by atoms with Crippen molar-refractivity contribution in [3.8, 4) is 0 Å². The number of ketones is 1. The van der Waals surface area contributed by atoms with Crippen LogP contribution >= 0.6 is 0 Å². The Morgan fingerprint density at radius 2 is 1.21 bits per heavy atom. The number of nitrogens with one attached hydrogen (secondary N) is 2. The lowest BCUT2D eigenvalue weighted by Crippen LogP contribution is -2.41. The first-order valence-electron chi connectivity index (χ1n) is 7.59. The normalized spacial score (nSPS) is 10.8. The summed E-state index contributed by atoms with van der Waals surface area (Å²) < 4.78 is 0. The maximum absolute atomic E-state index is 12.4. The highest BCUT2D eigenvalue weighted by Gasteiger charge is 2.36. The molecule has 2 aromatic rings. The van der Waals surface area contributed by atoms with E-state index in [2.05, 4.69) is 10.6 Å². The number of hydrogen-bond donors (Lipinski definition) is 2. The number of benzene rings is 2. The molecule has 0 heterocycles. The summed E-state index contributed by atoms with van der Waals surface area (Å²) in [5.74, 6) is -0.867. The van der Waals surface area contributed by atoms with Gasteiger partial charge in [-0.15, -0.1) is 0 Å². The molecule has 0 radical (unpaired) electrons. The van der Waals surface area contributed by atoms with E-state index in [0.29, 0.717) is 16.9 Å². The van der Waals surface area contributed by atoms with Crippen molar-refractivity contribution >= 4 is 29.0 Å². The molecule has 0 bridgehead atoms. The molecule has 0 aliphatic rings. The van der Waals surface area contributed by atoms with Crippen molar-refractivity contribution in [2.75, 3.05) is 10.6 Å². The van der Waals surface area contributed by atoms with Gasteiger partial charge in [-0.3, -0.25) is 14.4 Å². The van der Waals surface area contributed by atoms with Crippen molar-refractivity contribution in [2.24, 2.45) is 5.41 Å². The van der Waals surface area contributed by atoms with Gasteiger partial charge < -0.3 is 10.6 Å². The van der Waals surface area contributed by atoms with Crippen LogP contribution in [-0.4, -0.2) is 17.6 Å². The summed E-state index contributed by atoms with van der Waals surface area (Å²) in [4.78, 5) is 36.1. The highest BCUT2D eigenvalue weighted by Crippen LogP contribution is 2.22. The number of anilines is 2. The predicted molar refractivity (Wildman–Crippen MR) is 93.9 cm³/mol. The maximum Gasteiger partial charge on any atom is 0.239 e. The lowest BCUT2D eigenvalue weighted by molar-refractivity contribution is -0.135. The second kappa shape index (κ2) is 7.08. The molecule has 5 nitrogen and oxygen atoms in total. The van der Waals surface area contributed by atoms with E-state index in [9.17, 15) is 14.4 Å². The van der Waals surface area contributed by atoms with Crippen LogP contribution in [0.3, 0.4) is 0 Å². The lowest BCUT2D eigenvalue weighted by atomic mass is 9.90. The molecule has 0 saturated heterocycles. The Morgan fingerprint density at radius 3 is 1.67 bits per heavy atom. The van der Waals surface area contributed by atoms with Gasteiger partial charge in [-0.05, 0) is 57.2 Å². The first-order chi connectivity index (χ1) is 11.3. The standard InChI is InChI=1S/C19H20N2O3/c1-13(22)14-9-11-16(12-10-14)21-18(24)19(2,3)17(23)20-15-7-5-4-6-8-15/h4-12H,1-3H3,(H,20,23)(H,21,24). The molecule has 0 fully saturated rings. The largest absolute Gasteiger partial charge is 0.325 e. The van der Waals surface area contributed by atoms with Gasteiger partial charge in [0.1, 0.15) is 5.41 Å². The fraction of sp³-hybridized carbons (Fsp3) is 0.211. The molecular formula is C19H20N2O3. The number of Topliss-reactive ketones (excluding diaryl/α,β-unsaturated/α-hetero) is 1. The van der Waals surface area contributed by atoms with E-state index in [-0.39, 0.29) is 5.78 Å². The Labute approximate surface area is 141 Å². The van der Waals surface area contributed by atoms with E-state index in [1.54, 1.807) is 62.4 Å². The fourth-order valence-corrected chi connectivity index (χ4v) is 1.99. The predicted octanol–water partition coefficient (Wildman–Crippen LogP) is 3.49. The van der Waals surface area contributed by atoms with Crippen LogP contribution in [0.4, 0.5) is 11.4 Å². The molecule has 0 unspecified atom stereocenters. The van der Waals surface area contributed by atoms with Crippen molar-refractivity contribution in [1.82, 2.24) is 0 Å². The number of carbonyl (C=O) groups excluding carboxylic acids is 3. The third-order valence-corrected chi connectivity index (χ3v) is 3.72. The molecule has 0 spiro atoms. The van der Waals surface area contributed by atoms with Gasteiger partial charge in [-0.2, -0.15) is 0 Å². The third kappa shape index (κ3) is 4.07. The second-order valence-electron chi connectivity index (χ2n) is 6.03. The van der Waals surface area contributed by atoms with Crippen molar-refractivity contribution in [3.05, 3.63) is 60.2 Å². The summed E-state index contributed by atoms with van der Waals surface area (Å²) in [6, 6.07) is 15.5. The molecule has 0 saturated carbocycles. The Hall–Kier alpha value is -2.95. The van der Waals surface area contributed by atoms with Gasteiger partial charge in [0.15, 0.2) is 5.78 Å². The third-order valence-electron chi connectivity index (χ3n) is 3.72. The molecule has 0 aliphatic heterocycles. The highest BCUT2D eigenvalue weighted by molar-refractivity contribution is 6.14. The quantitative estimate of drug-likeness (QED) is 0.653. The zero-order chi connectivity index (χ0) is 17.7. The van der Waals surface area contributed by atoms with E-state index in [1.807, 2.05) is 6.07 Å². The van der Waals surface area contributed by atoms with Gasteiger partial charge in [0.25, 0.3) is 0 Å². The zero-order valence-corrected chi connectivity index (χ0v) is 13.9. The molecule has 0 aromatic heterocycles. The van der Waals surface area contributed by atoms with Crippen molar-refractivity contribution in [1.29, 1.82) is 0 Å². The van der Waals surface area contributed by atoms with E-state index in [0.717, 1.165) is 0 Å². The summed E-state index contributed by atoms with van der Waals surface area (Å²) in [5.41, 5.74) is 0.476. The topological polar surface area (TPSA) is 75.3 Å². The number of rotatable bonds is 5. The highest BCUT2D eigenvalue weighted by atomic mass is 16.2. The van der Waals surface area contributed by atoms with E-state index in [1.165, 1.54) is 6.92 Å². The average Bonchev–Trinajstić information content (AvgIpc) is 2.56. The fourth-order valence-electron chi connectivity index (χ4n) is 1.99. The molecule has 0 atom stereocenters. The van der Waals surface area contributed by atoms with Crippen LogP contribution in [0.2, 0.25) is 0 Å². The Morgan fingerprint density at radius 1 is 0.750 bits per heavy atom. The minimum Gasteiger partial charge on any atom is -0.325 e. The van der Waals surface area contributed by atoms with Gasteiger partial charge in [0, 0.05) is 16.9 Å². The van der Waals surface area contributed by atoms with Crippen LogP contribution in [0.25, 0.3) is 0 Å². The summed E-state index contributed by atoms with van der Waals surface area (Å²) >= 11 is 0. The maximum atomic E-state index is 12.4. The molecule has 2 amide bonds. The first-order valence-corrected chi connectivity index (χ1v) is 7.59. The minimum atomic E-state index is -1.25. The van der Waals surface area contributed by atoms with Gasteiger partial charge in [0.2, 0.25) is 11.8 Å². The Kier molecular flexibility index (Phi) is 5.14. The molecule has 124 valence electrons. The summed E-state index contributed by atoms with van der Waals surface area (Å²) in [6.07, 6.45) is 0. The van der Waals surface area contributed by atoms with Crippen LogP contribution in [0.5, 0.6) is 0 Å². The molecular weight excluding hydrogens is 304 g/mol. The lowest BCUT2D eigenvalue weighted by Gasteiger charge is -2.22. The molecule has 2 N–H and O–H groups in total. The van der Waals surface area contributed by atoms with Crippen LogP contribution in [0, 0.1) is 5.41 Å². The smallest absolute Gasteiger partial charge is 0.239 e. The summed E-state index contributed by atoms with van der Waals surface area (Å²) in [7, 11) is 0. The van der Waals surface area contributed by atoms with Gasteiger partial charge in [-0.25, -0.2) is 0 Å². The molecule has 0 aliphatic carbocycles. The Balaban J connectivity index is 2.06. The first kappa shape index (κ1) is 17.4. The van der Waals surface area contributed by atoms with E-state index in [4.69, 9.17) is 0 Å². The summed E-state index contributed by atoms with van der Waals surface area (Å²) in [6.45, 7) is 4.60. The van der Waals surface area contributed by atoms with E-state index < -0.39 is 17.2 Å². The summed E-state index contributed by atoms with van der Waals surface area (Å²) in [5, 5.41) is 5.43. The van der Waals surface area contributed by atoms with Gasteiger partial charge >= 0.3 is 0 Å². The number of hydrogen-bond acceptors (Lipinski definition) is 3. The van der Waals surface area contributed by atoms with Gasteiger partial charge in [-0.1, -0.05) is 18.2 Å². The van der Waals surface area contributed by atoms with E-state index >= 15 is 0 Å². The second-order valence-corrected chi connectivity index (χ2v) is 6.03. The van der Waals surface area contributed by atoms with Crippen molar-refractivity contribution in [2.45, 2.75) is 20.8 Å². The molecule has 24 heavy (non-hydrogen) atoms. The number of para-hydroxylation sites is 1. The molecule has 2 rings (SSSR count). The molecule has 2 aromatic carbocycles. The number of carbonyl (C=O) groups is 3. The van der Waals surface area contributed by atoms with Crippen LogP contribution in [0.1, 0.15) is 31.1 Å². The molecule has 5 heteroatoms. The number of amides is 2. The van der Waals surface area contributed by atoms with Crippen LogP contribution in [-0.2, 0) is 9.59 Å². The zero-order valence-electron chi connectivity index (χ0n) is 13.9. The minimum absolute atomic E-state index is 0.0459. The van der Waals surface area contributed by atoms with Crippen molar-refractivity contribution in [3.63, 3.8) is 0 Å². The monoisotopic (exact) mass is 324 g/mol.